The minimum Gasteiger partial charge on any atom is -0.309 e. The molecule has 5 rings (SSSR count). The van der Waals surface area contributed by atoms with Crippen molar-refractivity contribution in [2.45, 2.75) is 13.1 Å². The molecule has 0 atom stereocenters. The van der Waals surface area contributed by atoms with Crippen LogP contribution in [-0.2, 0) is 13.1 Å². The maximum Gasteiger partial charge on any atom is 0.118 e. The fraction of sp³-hybridized carbons (Fsp3) is 0.0769. The van der Waals surface area contributed by atoms with E-state index in [1.165, 1.54) is 11.1 Å². The van der Waals surface area contributed by atoms with Crippen molar-refractivity contribution in [2.75, 3.05) is 0 Å². The number of rotatable bonds is 7. The third-order valence-electron chi connectivity index (χ3n) is 5.25. The highest BCUT2D eigenvalue weighted by molar-refractivity contribution is 5.80. The van der Waals surface area contributed by atoms with Gasteiger partial charge in [-0.25, -0.2) is 0 Å². The second-order valence-electron chi connectivity index (χ2n) is 7.45. The zero-order chi connectivity index (χ0) is 21.6. The van der Waals surface area contributed by atoms with E-state index in [2.05, 4.69) is 66.9 Å². The predicted molar refractivity (Wildman–Crippen MR) is 125 cm³/mol. The summed E-state index contributed by atoms with van der Waals surface area (Å²) in [4.78, 5) is 13.2. The van der Waals surface area contributed by atoms with E-state index < -0.39 is 0 Å². The molecule has 6 nitrogen and oxygen atoms in total. The van der Waals surface area contributed by atoms with Crippen molar-refractivity contribution in [3.8, 4) is 33.8 Å². The van der Waals surface area contributed by atoms with Crippen molar-refractivity contribution < 1.29 is 0 Å². The van der Waals surface area contributed by atoms with E-state index in [9.17, 15) is 0 Å². The Balaban J connectivity index is 1.31. The molecule has 0 saturated heterocycles. The lowest BCUT2D eigenvalue weighted by Crippen LogP contribution is -2.12. The van der Waals surface area contributed by atoms with E-state index in [0.29, 0.717) is 0 Å². The molecule has 4 aromatic heterocycles. The lowest BCUT2D eigenvalue weighted by molar-refractivity contribution is 0.691. The molecule has 1 aromatic carbocycles. The van der Waals surface area contributed by atoms with Crippen molar-refractivity contribution in [1.82, 2.24) is 30.5 Å². The maximum atomic E-state index is 4.58. The van der Waals surface area contributed by atoms with Crippen molar-refractivity contribution in [2.24, 2.45) is 0 Å². The van der Waals surface area contributed by atoms with Crippen LogP contribution in [0, 0.1) is 0 Å². The minimum atomic E-state index is 0.794. The van der Waals surface area contributed by atoms with E-state index in [1.807, 2.05) is 48.9 Å². The third kappa shape index (κ3) is 4.45. The van der Waals surface area contributed by atoms with E-state index in [0.717, 1.165) is 46.9 Å². The molecule has 0 aliphatic rings. The van der Waals surface area contributed by atoms with Gasteiger partial charge in [0.1, 0.15) is 5.69 Å². The summed E-state index contributed by atoms with van der Waals surface area (Å²) in [5.41, 5.74) is 8.12. The van der Waals surface area contributed by atoms with Gasteiger partial charge in [0.2, 0.25) is 0 Å². The Morgan fingerprint density at radius 2 is 1.59 bits per heavy atom. The first-order valence-corrected chi connectivity index (χ1v) is 10.5. The van der Waals surface area contributed by atoms with Gasteiger partial charge in [-0.05, 0) is 47.0 Å². The van der Waals surface area contributed by atoms with E-state index in [-0.39, 0.29) is 0 Å². The molecule has 6 heteroatoms. The topological polar surface area (TPSA) is 79.4 Å². The molecule has 0 aliphatic heterocycles. The first-order valence-electron chi connectivity index (χ1n) is 10.5. The summed E-state index contributed by atoms with van der Waals surface area (Å²) in [7, 11) is 0. The van der Waals surface area contributed by atoms with Crippen LogP contribution in [0.15, 0.2) is 97.7 Å². The van der Waals surface area contributed by atoms with E-state index >= 15 is 0 Å². The maximum absolute atomic E-state index is 4.58. The quantitative estimate of drug-likeness (QED) is 0.394. The molecule has 0 saturated carbocycles. The summed E-state index contributed by atoms with van der Waals surface area (Å²) < 4.78 is 0. The summed E-state index contributed by atoms with van der Waals surface area (Å²) in [6, 6.07) is 22.4. The second kappa shape index (κ2) is 9.32. The SMILES string of the molecule is c1ccc(-c2n[nH]cc2-c2ccnc(-c3ccc(CNCc4cccnc4)cc3)c2)nc1. The van der Waals surface area contributed by atoms with E-state index in [1.54, 1.807) is 12.4 Å². The van der Waals surface area contributed by atoms with Crippen LogP contribution in [0.4, 0.5) is 0 Å². The molecule has 5 aromatic rings. The molecule has 0 bridgehead atoms. The number of hydrogen-bond donors (Lipinski definition) is 2. The molecule has 0 radical (unpaired) electrons. The van der Waals surface area contributed by atoms with Gasteiger partial charge >= 0.3 is 0 Å². The summed E-state index contributed by atoms with van der Waals surface area (Å²) in [6.07, 6.45) is 9.19. The zero-order valence-electron chi connectivity index (χ0n) is 17.4. The number of nitrogens with one attached hydrogen (secondary N) is 2. The Bertz CT molecular complexity index is 1280. The summed E-state index contributed by atoms with van der Waals surface area (Å²) >= 11 is 0. The highest BCUT2D eigenvalue weighted by atomic mass is 15.1. The lowest BCUT2D eigenvalue weighted by atomic mass is 10.0. The monoisotopic (exact) mass is 418 g/mol. The number of H-pyrrole nitrogens is 1. The van der Waals surface area contributed by atoms with Gasteiger partial charge in [0.15, 0.2) is 0 Å². The molecule has 0 amide bonds. The molecule has 0 spiro atoms. The van der Waals surface area contributed by atoms with Gasteiger partial charge in [-0.15, -0.1) is 0 Å². The van der Waals surface area contributed by atoms with Crippen LogP contribution in [0.2, 0.25) is 0 Å². The molecule has 0 fully saturated rings. The summed E-state index contributed by atoms with van der Waals surface area (Å²) in [6.45, 7) is 1.59. The molecular formula is C26H22N6. The Hall–Kier alpha value is -4.16. The molecule has 156 valence electrons. The smallest absolute Gasteiger partial charge is 0.118 e. The van der Waals surface area contributed by atoms with Crippen LogP contribution in [0.1, 0.15) is 11.1 Å². The highest BCUT2D eigenvalue weighted by Gasteiger charge is 2.12. The van der Waals surface area contributed by atoms with Gasteiger partial charge < -0.3 is 5.32 Å². The third-order valence-corrected chi connectivity index (χ3v) is 5.25. The average molecular weight is 419 g/mol. The molecule has 0 aliphatic carbocycles. The van der Waals surface area contributed by atoms with Crippen LogP contribution in [0.3, 0.4) is 0 Å². The Morgan fingerprint density at radius 3 is 2.41 bits per heavy atom. The van der Waals surface area contributed by atoms with Gasteiger partial charge in [-0.2, -0.15) is 5.10 Å². The normalized spacial score (nSPS) is 10.9. The number of pyridine rings is 3. The minimum absolute atomic E-state index is 0.794. The first kappa shape index (κ1) is 19.8. The van der Waals surface area contributed by atoms with Crippen molar-refractivity contribution >= 4 is 0 Å². The van der Waals surface area contributed by atoms with Gasteiger partial charge in [-0.3, -0.25) is 20.1 Å². The van der Waals surface area contributed by atoms with Crippen LogP contribution in [0.5, 0.6) is 0 Å². The largest absolute Gasteiger partial charge is 0.309 e. The van der Waals surface area contributed by atoms with Crippen LogP contribution in [-0.4, -0.2) is 25.1 Å². The molecule has 4 heterocycles. The van der Waals surface area contributed by atoms with Crippen molar-refractivity contribution in [3.05, 3.63) is 109 Å². The van der Waals surface area contributed by atoms with Crippen LogP contribution < -0.4 is 5.32 Å². The standard InChI is InChI=1S/C26H22N6/c1-2-12-29-24(5-1)26-23(18-31-32-26)22-10-13-30-25(14-22)21-8-6-19(7-9-21)15-28-17-20-4-3-11-27-16-20/h1-14,16,18,28H,15,17H2,(H,31,32). The number of nitrogens with zero attached hydrogens (tertiary/aromatic N) is 4. The van der Waals surface area contributed by atoms with Crippen LogP contribution in [0.25, 0.3) is 33.8 Å². The van der Waals surface area contributed by atoms with Crippen molar-refractivity contribution in [3.63, 3.8) is 0 Å². The number of aromatic amines is 1. The van der Waals surface area contributed by atoms with E-state index in [4.69, 9.17) is 0 Å². The molecule has 2 N–H and O–H groups in total. The van der Waals surface area contributed by atoms with Gasteiger partial charge in [0.05, 0.1) is 11.4 Å². The summed E-state index contributed by atoms with van der Waals surface area (Å²) in [5, 5.41) is 10.8. The Kier molecular flexibility index (Phi) is 5.76. The molecular weight excluding hydrogens is 396 g/mol. The molecule has 32 heavy (non-hydrogen) atoms. The summed E-state index contributed by atoms with van der Waals surface area (Å²) in [5.74, 6) is 0. The first-order chi connectivity index (χ1) is 15.9. The predicted octanol–water partition coefficient (Wildman–Crippen LogP) is 4.89. The van der Waals surface area contributed by atoms with Crippen molar-refractivity contribution in [1.29, 1.82) is 0 Å². The number of hydrogen-bond acceptors (Lipinski definition) is 5. The lowest BCUT2D eigenvalue weighted by Gasteiger charge is -2.08. The Labute approximate surface area is 186 Å². The van der Waals surface area contributed by atoms with Gasteiger partial charge in [0, 0.05) is 55.2 Å². The van der Waals surface area contributed by atoms with Gasteiger partial charge in [-0.1, -0.05) is 36.4 Å². The van der Waals surface area contributed by atoms with Gasteiger partial charge in [0.25, 0.3) is 0 Å². The average Bonchev–Trinajstić information content (AvgIpc) is 3.36. The number of aromatic nitrogens is 5. The fourth-order valence-corrected chi connectivity index (χ4v) is 3.61. The number of benzene rings is 1. The second-order valence-corrected chi connectivity index (χ2v) is 7.45. The highest BCUT2D eigenvalue weighted by Crippen LogP contribution is 2.30. The fourth-order valence-electron chi connectivity index (χ4n) is 3.61. The van der Waals surface area contributed by atoms with Crippen LogP contribution >= 0.6 is 0 Å². The Morgan fingerprint density at radius 1 is 0.719 bits per heavy atom. The molecule has 0 unspecified atom stereocenters. The zero-order valence-corrected chi connectivity index (χ0v) is 17.4.